The molecule has 1 unspecified atom stereocenters. The monoisotopic (exact) mass is 563 g/mol. The van der Waals surface area contributed by atoms with Crippen molar-refractivity contribution in [3.05, 3.63) is 162 Å². The van der Waals surface area contributed by atoms with E-state index in [1.165, 1.54) is 49.5 Å². The number of hydrogen-bond donors (Lipinski definition) is 1. The number of fused-ring (bicyclic) bond motifs is 6. The molecule has 3 heteroatoms. The Bertz CT molecular complexity index is 2320. The maximum Gasteiger partial charge on any atom is 0.209 e. The average Bonchev–Trinajstić information content (AvgIpc) is 3.52. The summed E-state index contributed by atoms with van der Waals surface area (Å²) in [4.78, 5) is 5.58. The van der Waals surface area contributed by atoms with Crippen LogP contribution in [0, 0.1) is 12.1 Å². The predicted molar refractivity (Wildman–Crippen MR) is 182 cm³/mol. The normalized spacial score (nSPS) is 16.9. The van der Waals surface area contributed by atoms with Gasteiger partial charge in [-0.1, -0.05) is 123 Å². The van der Waals surface area contributed by atoms with E-state index in [-0.39, 0.29) is 11.5 Å². The zero-order valence-corrected chi connectivity index (χ0v) is 24.6. The topological polar surface area (TPSA) is 29.3 Å². The Kier molecular flexibility index (Phi) is 5.22. The number of nitrogens with zero attached hydrogens (tertiary/aromatic N) is 2. The largest absolute Gasteiger partial charge is 0.325 e. The molecule has 2 heterocycles. The molecule has 1 aliphatic heterocycles. The molecular formula is C41H29N3. The Hall–Kier alpha value is -5.59. The molecule has 2 aliphatic rings. The summed E-state index contributed by atoms with van der Waals surface area (Å²) in [5.74, 6) is 0.805. The van der Waals surface area contributed by atoms with Crippen molar-refractivity contribution in [2.45, 2.75) is 25.3 Å². The van der Waals surface area contributed by atoms with Crippen LogP contribution in [0.15, 0.2) is 138 Å². The lowest BCUT2D eigenvalue weighted by Crippen LogP contribution is -2.35. The molecule has 0 amide bonds. The van der Waals surface area contributed by atoms with Crippen LogP contribution in [0.1, 0.15) is 36.6 Å². The molecule has 44 heavy (non-hydrogen) atoms. The molecule has 7 aromatic rings. The van der Waals surface area contributed by atoms with E-state index in [1.807, 2.05) is 6.07 Å². The summed E-state index contributed by atoms with van der Waals surface area (Å²) < 4.78 is 2.25. The molecule has 0 saturated carbocycles. The standard InChI is InChI=1S/C41H29N3/c1-41(2)34-18-10-8-17-32(34)39-37(41)38(28-22-20-27(21-23-28)26-12-4-3-5-13-26)42-40(43-39)44-35-19-11-9-16-31(35)33-24-29-14-6-7-15-30(29)25-36(33)44/h3-10,12-18,20-25,38H,1-2H3,(H,42,43). The van der Waals surface area contributed by atoms with Gasteiger partial charge in [0.15, 0.2) is 0 Å². The second-order valence-corrected chi connectivity index (χ2v) is 12.3. The third-order valence-corrected chi connectivity index (χ3v) is 9.52. The van der Waals surface area contributed by atoms with Crippen LogP contribution >= 0.6 is 0 Å². The lowest BCUT2D eigenvalue weighted by molar-refractivity contribution is 0.575. The van der Waals surface area contributed by atoms with Gasteiger partial charge in [-0.2, -0.15) is 0 Å². The van der Waals surface area contributed by atoms with Gasteiger partial charge in [-0.15, -0.1) is 0 Å². The Morgan fingerprint density at radius 2 is 1.43 bits per heavy atom. The van der Waals surface area contributed by atoms with Crippen LogP contribution < -0.4 is 5.32 Å². The minimum atomic E-state index is -0.187. The average molecular weight is 564 g/mol. The van der Waals surface area contributed by atoms with Crippen LogP contribution in [-0.2, 0) is 5.41 Å². The summed E-state index contributed by atoms with van der Waals surface area (Å²) in [6.07, 6.45) is 0. The fraction of sp³-hybridized carbons (Fsp3) is 0.0976. The first kappa shape index (κ1) is 25.0. The Labute approximate surface area is 256 Å². The first-order chi connectivity index (χ1) is 21.6. The molecule has 0 radical (unpaired) electrons. The van der Waals surface area contributed by atoms with Crippen molar-refractivity contribution < 1.29 is 0 Å². The summed E-state index contributed by atoms with van der Waals surface area (Å²) in [6, 6.07) is 52.0. The van der Waals surface area contributed by atoms with Crippen LogP contribution in [0.25, 0.3) is 49.4 Å². The molecule has 0 spiro atoms. The van der Waals surface area contributed by atoms with Crippen molar-refractivity contribution >= 4 is 44.2 Å². The number of aliphatic imine (C=N–C) groups is 1. The van der Waals surface area contributed by atoms with Gasteiger partial charge in [0.1, 0.15) is 11.6 Å². The van der Waals surface area contributed by atoms with E-state index < -0.39 is 0 Å². The van der Waals surface area contributed by atoms with Gasteiger partial charge in [-0.3, -0.25) is 4.57 Å². The highest BCUT2D eigenvalue weighted by Crippen LogP contribution is 2.52. The van der Waals surface area contributed by atoms with E-state index in [0.717, 1.165) is 28.1 Å². The minimum Gasteiger partial charge on any atom is -0.325 e. The molecule has 1 N–H and O–H groups in total. The highest BCUT2D eigenvalue weighted by molar-refractivity contribution is 6.17. The minimum absolute atomic E-state index is 0.158. The maximum atomic E-state index is 5.58. The second-order valence-electron chi connectivity index (χ2n) is 12.3. The van der Waals surface area contributed by atoms with Crippen LogP contribution in [0.2, 0.25) is 0 Å². The SMILES string of the molecule is CC1(C)C2=C(NC(n3c4c#cccc4c4cc5ccccc5cc43)=NC2c2ccc(-c3ccccc3)cc2)c2ccccc21. The molecule has 0 fully saturated rings. The summed E-state index contributed by atoms with van der Waals surface area (Å²) in [7, 11) is 0. The molecule has 1 atom stereocenters. The van der Waals surface area contributed by atoms with Gasteiger partial charge < -0.3 is 5.32 Å². The predicted octanol–water partition coefficient (Wildman–Crippen LogP) is 9.47. The first-order valence-electron chi connectivity index (χ1n) is 15.2. The summed E-state index contributed by atoms with van der Waals surface area (Å²) in [5.41, 5.74) is 10.5. The quantitative estimate of drug-likeness (QED) is 0.223. The van der Waals surface area contributed by atoms with Crippen LogP contribution in [0.3, 0.4) is 0 Å². The van der Waals surface area contributed by atoms with E-state index in [0.29, 0.717) is 0 Å². The smallest absolute Gasteiger partial charge is 0.209 e. The van der Waals surface area contributed by atoms with E-state index >= 15 is 0 Å². The van der Waals surface area contributed by atoms with Gasteiger partial charge in [0.2, 0.25) is 5.96 Å². The van der Waals surface area contributed by atoms with E-state index in [4.69, 9.17) is 4.99 Å². The zero-order valence-electron chi connectivity index (χ0n) is 24.6. The summed E-state index contributed by atoms with van der Waals surface area (Å²) >= 11 is 0. The number of nitrogens with one attached hydrogen (secondary N) is 1. The molecule has 3 nitrogen and oxygen atoms in total. The molecule has 1 aromatic heterocycles. The van der Waals surface area contributed by atoms with Crippen LogP contribution in [0.4, 0.5) is 0 Å². The van der Waals surface area contributed by atoms with E-state index in [1.54, 1.807) is 0 Å². The van der Waals surface area contributed by atoms with Gasteiger partial charge in [-0.05, 0) is 68.9 Å². The zero-order chi connectivity index (χ0) is 29.4. The lowest BCUT2D eigenvalue weighted by Gasteiger charge is -2.33. The molecule has 1 aliphatic carbocycles. The molecule has 9 rings (SSSR count). The number of rotatable bonds is 2. The van der Waals surface area contributed by atoms with Gasteiger partial charge >= 0.3 is 0 Å². The third kappa shape index (κ3) is 3.55. The molecule has 0 saturated heterocycles. The number of benzene rings is 5. The molecular weight excluding hydrogens is 534 g/mol. The lowest BCUT2D eigenvalue weighted by atomic mass is 9.76. The number of hydrogen-bond acceptors (Lipinski definition) is 2. The van der Waals surface area contributed by atoms with Crippen LogP contribution in [-0.4, -0.2) is 10.5 Å². The maximum absolute atomic E-state index is 5.58. The van der Waals surface area contributed by atoms with Gasteiger partial charge in [0.05, 0.1) is 11.2 Å². The van der Waals surface area contributed by atoms with Crippen molar-refractivity contribution in [3.63, 3.8) is 0 Å². The Balaban J connectivity index is 1.29. The molecule has 0 bridgehead atoms. The Morgan fingerprint density at radius 1 is 0.727 bits per heavy atom. The fourth-order valence-corrected chi connectivity index (χ4v) is 7.38. The Morgan fingerprint density at radius 3 is 2.25 bits per heavy atom. The van der Waals surface area contributed by atoms with Gasteiger partial charge in [0, 0.05) is 21.8 Å². The molecule has 6 aromatic carbocycles. The highest BCUT2D eigenvalue weighted by Gasteiger charge is 2.44. The summed E-state index contributed by atoms with van der Waals surface area (Å²) in [6.45, 7) is 4.66. The summed E-state index contributed by atoms with van der Waals surface area (Å²) in [5, 5.41) is 8.60. The van der Waals surface area contributed by atoms with Crippen molar-refractivity contribution in [2.75, 3.05) is 0 Å². The van der Waals surface area contributed by atoms with Gasteiger partial charge in [0.25, 0.3) is 0 Å². The third-order valence-electron chi connectivity index (χ3n) is 9.52. The van der Waals surface area contributed by atoms with Crippen molar-refractivity contribution in [1.29, 1.82) is 0 Å². The van der Waals surface area contributed by atoms with Crippen LogP contribution in [0.5, 0.6) is 0 Å². The van der Waals surface area contributed by atoms with Gasteiger partial charge in [-0.25, -0.2) is 4.99 Å². The molecule has 208 valence electrons. The van der Waals surface area contributed by atoms with E-state index in [2.05, 4.69) is 157 Å². The second kappa shape index (κ2) is 9.20. The fourth-order valence-electron chi connectivity index (χ4n) is 7.38. The highest BCUT2D eigenvalue weighted by atomic mass is 15.2. The number of aromatic nitrogens is 1. The van der Waals surface area contributed by atoms with Crippen molar-refractivity contribution in [3.8, 4) is 11.1 Å². The van der Waals surface area contributed by atoms with Crippen molar-refractivity contribution in [2.24, 2.45) is 4.99 Å². The van der Waals surface area contributed by atoms with Crippen molar-refractivity contribution in [1.82, 2.24) is 9.88 Å². The first-order valence-corrected chi connectivity index (χ1v) is 15.2. The van der Waals surface area contributed by atoms with E-state index in [9.17, 15) is 0 Å².